The van der Waals surface area contributed by atoms with Crippen LogP contribution in [0.1, 0.15) is 17.0 Å². The van der Waals surface area contributed by atoms with E-state index in [2.05, 4.69) is 20.6 Å². The lowest BCUT2D eigenvalue weighted by atomic mass is 9.96. The number of allylic oxidation sites excluding steroid dienone is 3. The summed E-state index contributed by atoms with van der Waals surface area (Å²) >= 11 is 0. The van der Waals surface area contributed by atoms with Gasteiger partial charge >= 0.3 is 0 Å². The Bertz CT molecular complexity index is 803. The minimum absolute atomic E-state index is 0.143. The molecule has 1 unspecified atom stereocenters. The molecule has 2 heterocycles. The third kappa shape index (κ3) is 3.97. The van der Waals surface area contributed by atoms with Gasteiger partial charge in [-0.25, -0.2) is 4.99 Å². The molecule has 0 spiro atoms. The van der Waals surface area contributed by atoms with Gasteiger partial charge in [-0.05, 0) is 24.6 Å². The molecule has 0 saturated carbocycles. The first-order valence-electron chi connectivity index (χ1n) is 7.81. The average molecular weight is 340 g/mol. The number of nitrogens with one attached hydrogen (secondary N) is 2. The van der Waals surface area contributed by atoms with E-state index in [9.17, 15) is 14.4 Å². The van der Waals surface area contributed by atoms with Crippen molar-refractivity contribution in [3.05, 3.63) is 48.5 Å². The van der Waals surface area contributed by atoms with E-state index in [0.29, 0.717) is 25.2 Å². The van der Waals surface area contributed by atoms with Gasteiger partial charge in [0, 0.05) is 13.1 Å². The molecule has 1 aliphatic heterocycles. The van der Waals surface area contributed by atoms with Crippen LogP contribution in [0.4, 0.5) is 0 Å². The van der Waals surface area contributed by atoms with E-state index in [1.807, 2.05) is 0 Å². The first kappa shape index (κ1) is 16.6. The van der Waals surface area contributed by atoms with Crippen molar-refractivity contribution < 1.29 is 18.8 Å². The first-order chi connectivity index (χ1) is 12.1. The fourth-order valence-corrected chi connectivity index (χ4v) is 2.34. The Kier molecular flexibility index (Phi) is 4.98. The lowest BCUT2D eigenvalue weighted by Crippen LogP contribution is -2.37. The highest BCUT2D eigenvalue weighted by atomic mass is 16.3. The summed E-state index contributed by atoms with van der Waals surface area (Å²) in [5.74, 6) is -1.64. The fourth-order valence-electron chi connectivity index (χ4n) is 2.34. The molecule has 128 valence electrons. The zero-order valence-electron chi connectivity index (χ0n) is 13.3. The SMILES string of the molecule is O=C(NCCCNC(=O)c1ccco1)C1=NC(=O)C2C=CC=CC2=N1. The van der Waals surface area contributed by atoms with Crippen LogP contribution >= 0.6 is 0 Å². The van der Waals surface area contributed by atoms with Gasteiger partial charge in [0.15, 0.2) is 5.76 Å². The summed E-state index contributed by atoms with van der Waals surface area (Å²) in [6.45, 7) is 0.684. The molecule has 0 saturated heterocycles. The quantitative estimate of drug-likeness (QED) is 0.740. The van der Waals surface area contributed by atoms with Crippen LogP contribution in [0.3, 0.4) is 0 Å². The molecular formula is C17H16N4O4. The van der Waals surface area contributed by atoms with Gasteiger partial charge in [0.05, 0.1) is 12.0 Å². The molecule has 25 heavy (non-hydrogen) atoms. The molecule has 3 amide bonds. The van der Waals surface area contributed by atoms with Crippen molar-refractivity contribution in [2.45, 2.75) is 6.42 Å². The van der Waals surface area contributed by atoms with E-state index in [4.69, 9.17) is 4.42 Å². The maximum atomic E-state index is 12.1. The molecule has 0 bridgehead atoms. The number of carbonyl (C=O) groups excluding carboxylic acids is 3. The third-order valence-corrected chi connectivity index (χ3v) is 3.59. The van der Waals surface area contributed by atoms with Crippen molar-refractivity contribution in [2.75, 3.05) is 13.1 Å². The first-order valence-corrected chi connectivity index (χ1v) is 7.81. The largest absolute Gasteiger partial charge is 0.459 e. The number of fused-ring (bicyclic) bond motifs is 1. The van der Waals surface area contributed by atoms with Crippen molar-refractivity contribution in [2.24, 2.45) is 15.9 Å². The topological polar surface area (TPSA) is 113 Å². The van der Waals surface area contributed by atoms with Gasteiger partial charge in [-0.1, -0.05) is 18.2 Å². The summed E-state index contributed by atoms with van der Waals surface area (Å²) < 4.78 is 4.97. The van der Waals surface area contributed by atoms with Crippen molar-refractivity contribution in [1.82, 2.24) is 10.6 Å². The van der Waals surface area contributed by atoms with Gasteiger partial charge in [0.25, 0.3) is 17.7 Å². The zero-order valence-corrected chi connectivity index (χ0v) is 13.3. The van der Waals surface area contributed by atoms with Crippen LogP contribution in [0.2, 0.25) is 0 Å². The van der Waals surface area contributed by atoms with E-state index >= 15 is 0 Å². The van der Waals surface area contributed by atoms with Crippen LogP contribution in [0.15, 0.2) is 57.1 Å². The van der Waals surface area contributed by atoms with Crippen LogP contribution in [0.25, 0.3) is 0 Å². The Morgan fingerprint density at radius 1 is 1.12 bits per heavy atom. The molecule has 3 rings (SSSR count). The Morgan fingerprint density at radius 3 is 2.68 bits per heavy atom. The minimum Gasteiger partial charge on any atom is -0.459 e. The van der Waals surface area contributed by atoms with Gasteiger partial charge in [-0.2, -0.15) is 4.99 Å². The molecule has 1 aromatic heterocycles. The number of amidine groups is 1. The molecule has 2 N–H and O–H groups in total. The molecule has 1 aliphatic carbocycles. The maximum absolute atomic E-state index is 12.1. The van der Waals surface area contributed by atoms with Gasteiger partial charge in [-0.15, -0.1) is 0 Å². The molecule has 2 aliphatic rings. The Hall–Kier alpha value is -3.29. The smallest absolute Gasteiger partial charge is 0.289 e. The van der Waals surface area contributed by atoms with Gasteiger partial charge in [-0.3, -0.25) is 14.4 Å². The second kappa shape index (κ2) is 7.52. The highest BCUT2D eigenvalue weighted by Gasteiger charge is 2.28. The predicted octanol–water partition coefficient (Wildman–Crippen LogP) is 0.638. The van der Waals surface area contributed by atoms with Crippen molar-refractivity contribution >= 4 is 29.3 Å². The van der Waals surface area contributed by atoms with Gasteiger partial charge in [0.2, 0.25) is 5.84 Å². The molecule has 1 aromatic rings. The molecule has 0 aromatic carbocycles. The number of aliphatic imine (C=N–C) groups is 2. The molecule has 0 radical (unpaired) electrons. The predicted molar refractivity (Wildman–Crippen MR) is 90.3 cm³/mol. The summed E-state index contributed by atoms with van der Waals surface area (Å²) in [5, 5.41) is 5.30. The molecular weight excluding hydrogens is 324 g/mol. The van der Waals surface area contributed by atoms with Gasteiger partial charge < -0.3 is 15.1 Å². The Morgan fingerprint density at radius 2 is 1.92 bits per heavy atom. The maximum Gasteiger partial charge on any atom is 0.289 e. The second-order valence-corrected chi connectivity index (χ2v) is 5.37. The van der Waals surface area contributed by atoms with E-state index in [1.54, 1.807) is 36.4 Å². The average Bonchev–Trinajstić information content (AvgIpc) is 3.16. The van der Waals surface area contributed by atoms with Crippen LogP contribution in [0, 0.1) is 5.92 Å². The summed E-state index contributed by atoms with van der Waals surface area (Å²) in [6, 6.07) is 3.20. The summed E-state index contributed by atoms with van der Waals surface area (Å²) in [5.41, 5.74) is 0.512. The Balaban J connectivity index is 1.43. The highest BCUT2D eigenvalue weighted by Crippen LogP contribution is 2.16. The van der Waals surface area contributed by atoms with E-state index < -0.39 is 17.7 Å². The fraction of sp³-hybridized carbons (Fsp3) is 0.235. The standard InChI is InChI=1S/C17H16N4O4/c22-15-11-5-1-2-6-12(11)20-14(21-15)17(24)19-9-4-8-18-16(23)13-7-3-10-25-13/h1-3,5-7,10-11H,4,8-9H2,(H,18,23)(H,19,24). The van der Waals surface area contributed by atoms with E-state index in [0.717, 1.165) is 0 Å². The van der Waals surface area contributed by atoms with Crippen LogP contribution in [-0.2, 0) is 9.59 Å². The zero-order chi connectivity index (χ0) is 17.6. The molecule has 0 fully saturated rings. The third-order valence-electron chi connectivity index (χ3n) is 3.59. The summed E-state index contributed by atoms with van der Waals surface area (Å²) in [7, 11) is 0. The number of amides is 3. The number of hydrogen-bond donors (Lipinski definition) is 2. The lowest BCUT2D eigenvalue weighted by molar-refractivity contribution is -0.119. The van der Waals surface area contributed by atoms with Crippen LogP contribution < -0.4 is 10.6 Å². The number of furan rings is 1. The highest BCUT2D eigenvalue weighted by molar-refractivity contribution is 6.44. The Labute approximate surface area is 143 Å². The lowest BCUT2D eigenvalue weighted by Gasteiger charge is -2.17. The van der Waals surface area contributed by atoms with E-state index in [-0.39, 0.29) is 17.5 Å². The summed E-state index contributed by atoms with van der Waals surface area (Å²) in [6.07, 6.45) is 8.83. The molecule has 1 atom stereocenters. The van der Waals surface area contributed by atoms with Crippen LogP contribution in [-0.4, -0.2) is 42.4 Å². The van der Waals surface area contributed by atoms with Crippen molar-refractivity contribution in [3.63, 3.8) is 0 Å². The number of hydrogen-bond acceptors (Lipinski definition) is 5. The van der Waals surface area contributed by atoms with Crippen molar-refractivity contribution in [3.8, 4) is 0 Å². The molecule has 8 nitrogen and oxygen atoms in total. The normalized spacial score (nSPS) is 18.2. The molecule has 8 heteroatoms. The van der Waals surface area contributed by atoms with Crippen molar-refractivity contribution in [1.29, 1.82) is 0 Å². The number of nitrogens with zero attached hydrogens (tertiary/aromatic N) is 2. The van der Waals surface area contributed by atoms with Crippen LogP contribution in [0.5, 0.6) is 0 Å². The second-order valence-electron chi connectivity index (χ2n) is 5.37. The number of rotatable bonds is 6. The van der Waals surface area contributed by atoms with Gasteiger partial charge in [0.1, 0.15) is 5.92 Å². The minimum atomic E-state index is -0.514. The van der Waals surface area contributed by atoms with E-state index in [1.165, 1.54) is 6.26 Å². The summed E-state index contributed by atoms with van der Waals surface area (Å²) in [4.78, 5) is 43.5. The number of carbonyl (C=O) groups is 3. The monoisotopic (exact) mass is 340 g/mol.